The standard InChI is InChI=1S/C29H29F2N5O4/c1-17(16-37)33-27-25-23(10-12-32-26(25)34-35-27)40-22-9-4-18(14-21(22)31)15-24(38)29(2)11-3-13-36(28(29)39)20-7-5-19(30)6-8-20/h4-10,12,14,17,37H,3,11,13,15-16H2,1-2H3,(H2,32,33,34,35)/t17-,29?/m1/s1. The van der Waals surface area contributed by atoms with Gasteiger partial charge in [-0.15, -0.1) is 0 Å². The molecule has 11 heteroatoms. The van der Waals surface area contributed by atoms with Crippen molar-refractivity contribution in [1.29, 1.82) is 0 Å². The maximum Gasteiger partial charge on any atom is 0.240 e. The van der Waals surface area contributed by atoms with Gasteiger partial charge in [-0.1, -0.05) is 6.07 Å². The maximum atomic E-state index is 15.2. The number of hydrogen-bond donors (Lipinski definition) is 3. The molecule has 208 valence electrons. The Morgan fingerprint density at radius 3 is 2.70 bits per heavy atom. The van der Waals surface area contributed by atoms with Crippen molar-refractivity contribution in [3.63, 3.8) is 0 Å². The van der Waals surface area contributed by atoms with Crippen LogP contribution in [-0.4, -0.2) is 51.2 Å². The van der Waals surface area contributed by atoms with Gasteiger partial charge in [0.2, 0.25) is 5.91 Å². The molecule has 2 aromatic carbocycles. The van der Waals surface area contributed by atoms with Crippen LogP contribution < -0.4 is 15.0 Å². The third-order valence-electron chi connectivity index (χ3n) is 7.19. The number of piperidine rings is 1. The number of halogens is 2. The summed E-state index contributed by atoms with van der Waals surface area (Å²) in [5.41, 5.74) is 0.0831. The molecular weight excluding hydrogens is 520 g/mol. The van der Waals surface area contributed by atoms with Crippen molar-refractivity contribution in [2.24, 2.45) is 5.41 Å². The van der Waals surface area contributed by atoms with Crippen LogP contribution in [0, 0.1) is 17.0 Å². The second kappa shape index (κ2) is 11.0. The van der Waals surface area contributed by atoms with Crippen LogP contribution in [0.4, 0.5) is 20.3 Å². The molecule has 1 saturated heterocycles. The number of Topliss-reactive ketones (excluding diaryl/α,β-unsaturated/α-hetero) is 1. The summed E-state index contributed by atoms with van der Waals surface area (Å²) in [6.45, 7) is 3.71. The number of hydrogen-bond acceptors (Lipinski definition) is 7. The normalized spacial score (nSPS) is 18.1. The number of aliphatic hydroxyl groups excluding tert-OH is 1. The number of H-pyrrole nitrogens is 1. The number of fused-ring (bicyclic) bond motifs is 1. The summed E-state index contributed by atoms with van der Waals surface area (Å²) in [6, 6.07) is 11.1. The summed E-state index contributed by atoms with van der Waals surface area (Å²) >= 11 is 0. The van der Waals surface area contributed by atoms with E-state index in [0.717, 1.165) is 0 Å². The summed E-state index contributed by atoms with van der Waals surface area (Å²) in [5, 5.41) is 19.9. The lowest BCUT2D eigenvalue weighted by molar-refractivity contribution is -0.141. The molecular formula is C29H29F2N5O4. The van der Waals surface area contributed by atoms with Crippen molar-refractivity contribution in [2.45, 2.75) is 39.2 Å². The second-order valence-corrected chi connectivity index (χ2v) is 10.2. The highest BCUT2D eigenvalue weighted by atomic mass is 19.1. The zero-order valence-corrected chi connectivity index (χ0v) is 22.1. The topological polar surface area (TPSA) is 120 Å². The van der Waals surface area contributed by atoms with Crippen LogP contribution in [0.2, 0.25) is 0 Å². The monoisotopic (exact) mass is 549 g/mol. The molecule has 2 atom stereocenters. The second-order valence-electron chi connectivity index (χ2n) is 10.2. The number of nitrogens with zero attached hydrogens (tertiary/aromatic N) is 3. The van der Waals surface area contributed by atoms with Gasteiger partial charge in [-0.2, -0.15) is 5.10 Å². The number of carbonyl (C=O) groups is 2. The Hall–Kier alpha value is -4.38. The molecule has 5 rings (SSSR count). The van der Waals surface area contributed by atoms with Crippen molar-refractivity contribution in [3.8, 4) is 11.5 Å². The molecule has 0 saturated carbocycles. The summed E-state index contributed by atoms with van der Waals surface area (Å²) < 4.78 is 34.4. The minimum Gasteiger partial charge on any atom is -0.453 e. The molecule has 1 amide bonds. The molecule has 4 aromatic rings. The number of nitrogens with one attached hydrogen (secondary N) is 2. The van der Waals surface area contributed by atoms with E-state index in [2.05, 4.69) is 20.5 Å². The van der Waals surface area contributed by atoms with E-state index >= 15 is 4.39 Å². The van der Waals surface area contributed by atoms with Gasteiger partial charge in [-0.25, -0.2) is 13.8 Å². The molecule has 3 N–H and O–H groups in total. The molecule has 3 heterocycles. The molecule has 1 aliphatic rings. The summed E-state index contributed by atoms with van der Waals surface area (Å²) in [6.07, 6.45) is 2.34. The summed E-state index contributed by atoms with van der Waals surface area (Å²) in [5.74, 6) is -1.11. The Bertz CT molecular complexity index is 1560. The van der Waals surface area contributed by atoms with Gasteiger partial charge in [0.05, 0.1) is 6.61 Å². The fraction of sp³-hybridized carbons (Fsp3) is 0.310. The third-order valence-corrected chi connectivity index (χ3v) is 7.19. The van der Waals surface area contributed by atoms with E-state index in [4.69, 9.17) is 4.74 Å². The van der Waals surface area contributed by atoms with Gasteiger partial charge in [0.15, 0.2) is 28.8 Å². The fourth-order valence-electron chi connectivity index (χ4n) is 4.85. The van der Waals surface area contributed by atoms with Crippen LogP contribution in [0.5, 0.6) is 11.5 Å². The summed E-state index contributed by atoms with van der Waals surface area (Å²) in [4.78, 5) is 32.5. The first-order valence-corrected chi connectivity index (χ1v) is 13.0. The quantitative estimate of drug-likeness (QED) is 0.257. The van der Waals surface area contributed by atoms with Crippen molar-refractivity contribution in [3.05, 3.63) is 71.9 Å². The lowest BCUT2D eigenvalue weighted by Crippen LogP contribution is -2.51. The van der Waals surface area contributed by atoms with E-state index < -0.39 is 17.0 Å². The Balaban J connectivity index is 1.33. The number of aromatic amines is 1. The first kappa shape index (κ1) is 27.2. The van der Waals surface area contributed by atoms with Gasteiger partial charge >= 0.3 is 0 Å². The zero-order valence-electron chi connectivity index (χ0n) is 22.1. The van der Waals surface area contributed by atoms with Gasteiger partial charge in [0.25, 0.3) is 0 Å². The van der Waals surface area contributed by atoms with E-state index in [1.807, 2.05) is 0 Å². The van der Waals surface area contributed by atoms with Crippen LogP contribution in [-0.2, 0) is 16.0 Å². The van der Waals surface area contributed by atoms with Crippen LogP contribution in [0.25, 0.3) is 11.0 Å². The van der Waals surface area contributed by atoms with Crippen molar-refractivity contribution in [2.75, 3.05) is 23.4 Å². The first-order chi connectivity index (χ1) is 19.2. The predicted octanol–water partition coefficient (Wildman–Crippen LogP) is 4.77. The molecule has 2 aromatic heterocycles. The maximum absolute atomic E-state index is 15.2. The number of rotatable bonds is 9. The largest absolute Gasteiger partial charge is 0.453 e. The Kier molecular flexibility index (Phi) is 7.49. The molecule has 0 spiro atoms. The molecule has 0 bridgehead atoms. The van der Waals surface area contributed by atoms with E-state index in [-0.39, 0.29) is 36.5 Å². The number of aromatic nitrogens is 3. The number of aliphatic hydroxyl groups is 1. The number of amides is 1. The van der Waals surface area contributed by atoms with Gasteiger partial charge in [0.1, 0.15) is 22.4 Å². The zero-order chi connectivity index (χ0) is 28.4. The van der Waals surface area contributed by atoms with Crippen molar-refractivity contribution < 1.29 is 28.2 Å². The van der Waals surface area contributed by atoms with Crippen LogP contribution >= 0.6 is 0 Å². The van der Waals surface area contributed by atoms with Crippen molar-refractivity contribution in [1.82, 2.24) is 15.2 Å². The SMILES string of the molecule is C[C@H](CO)Nc1n[nH]c2nccc(Oc3ccc(CC(=O)C4(C)CCCN(c5ccc(F)cc5)C4=O)cc3F)c12. The number of benzene rings is 2. The highest BCUT2D eigenvalue weighted by molar-refractivity contribution is 6.13. The molecule has 1 unspecified atom stereocenters. The van der Waals surface area contributed by atoms with E-state index in [1.165, 1.54) is 47.5 Å². The predicted molar refractivity (Wildman–Crippen MR) is 145 cm³/mol. The molecule has 40 heavy (non-hydrogen) atoms. The molecule has 1 aliphatic heterocycles. The van der Waals surface area contributed by atoms with Crippen LogP contribution in [0.15, 0.2) is 54.7 Å². The minimum absolute atomic E-state index is 0.0616. The van der Waals surface area contributed by atoms with E-state index in [9.17, 15) is 19.1 Å². The fourth-order valence-corrected chi connectivity index (χ4v) is 4.85. The number of ketones is 1. The molecule has 9 nitrogen and oxygen atoms in total. The molecule has 0 aliphatic carbocycles. The minimum atomic E-state index is -1.28. The lowest BCUT2D eigenvalue weighted by atomic mass is 9.75. The third kappa shape index (κ3) is 5.24. The average Bonchev–Trinajstić information content (AvgIpc) is 3.35. The number of ether oxygens (including phenoxy) is 1. The van der Waals surface area contributed by atoms with Gasteiger partial charge < -0.3 is 20.1 Å². The van der Waals surface area contributed by atoms with Gasteiger partial charge in [-0.05, 0) is 68.7 Å². The number of carbonyl (C=O) groups excluding carboxylic acids is 2. The lowest BCUT2D eigenvalue weighted by Gasteiger charge is -2.38. The van der Waals surface area contributed by atoms with Crippen molar-refractivity contribution >= 4 is 34.2 Å². The smallest absolute Gasteiger partial charge is 0.240 e. The van der Waals surface area contributed by atoms with Gasteiger partial charge in [-0.3, -0.25) is 14.7 Å². The number of anilines is 2. The Labute approximate surface area is 229 Å². The first-order valence-electron chi connectivity index (χ1n) is 13.0. The number of pyridine rings is 1. The Morgan fingerprint density at radius 1 is 1.20 bits per heavy atom. The summed E-state index contributed by atoms with van der Waals surface area (Å²) in [7, 11) is 0. The van der Waals surface area contributed by atoms with Crippen LogP contribution in [0.3, 0.4) is 0 Å². The molecule has 1 fully saturated rings. The van der Waals surface area contributed by atoms with E-state index in [1.54, 1.807) is 26.0 Å². The highest BCUT2D eigenvalue weighted by Crippen LogP contribution is 2.37. The highest BCUT2D eigenvalue weighted by Gasteiger charge is 2.45. The molecule has 0 radical (unpaired) electrons. The van der Waals surface area contributed by atoms with Crippen LogP contribution in [0.1, 0.15) is 32.3 Å². The Morgan fingerprint density at radius 2 is 1.98 bits per heavy atom. The van der Waals surface area contributed by atoms with E-state index in [0.29, 0.717) is 53.2 Å². The average molecular weight is 550 g/mol. The van der Waals surface area contributed by atoms with Gasteiger partial charge in [0, 0.05) is 37.0 Å².